The molecule has 13 aromatic carbocycles. The smallest absolute Gasteiger partial charge is 0.122 e. The molecule has 12 N–H and O–H groups in total. The summed E-state index contributed by atoms with van der Waals surface area (Å²) in [6, 6.07) is 63.9. The van der Waals surface area contributed by atoms with Gasteiger partial charge in [0.15, 0.2) is 0 Å². The van der Waals surface area contributed by atoms with Crippen LogP contribution in [0.25, 0.3) is 0 Å². The first-order valence-electron chi connectivity index (χ1n) is 38.8. The van der Waals surface area contributed by atoms with Gasteiger partial charge in [0.2, 0.25) is 0 Å². The van der Waals surface area contributed by atoms with Gasteiger partial charge in [-0.05, 0) is 324 Å². The Labute approximate surface area is 668 Å². The molecular weight excluding hydrogens is 1420 g/mol. The lowest BCUT2D eigenvalue weighted by Gasteiger charge is -2.40. The van der Waals surface area contributed by atoms with Crippen molar-refractivity contribution in [2.75, 3.05) is 0 Å². The summed E-state index contributed by atoms with van der Waals surface area (Å²) in [5.41, 5.74) is 19.3. The predicted molar refractivity (Wildman–Crippen MR) is 454 cm³/mol. The van der Waals surface area contributed by atoms with Gasteiger partial charge in [0.25, 0.3) is 0 Å². The fourth-order valence-electron chi connectivity index (χ4n) is 16.9. The molecule has 0 aliphatic rings. The maximum atomic E-state index is 12.6. The van der Waals surface area contributed by atoms with Gasteiger partial charge in [-0.2, -0.15) is 0 Å². The minimum absolute atomic E-state index is 0.0931. The molecule has 0 aliphatic carbocycles. The molecule has 0 heterocycles. The normalized spacial score (nSPS) is 11.9. The van der Waals surface area contributed by atoms with Crippen molar-refractivity contribution >= 4 is 0 Å². The number of phenols is 12. The van der Waals surface area contributed by atoms with Gasteiger partial charge in [0.05, 0.1) is 0 Å². The third-order valence-corrected chi connectivity index (χ3v) is 24.3. The van der Waals surface area contributed by atoms with E-state index in [2.05, 4.69) is 75.4 Å². The van der Waals surface area contributed by atoms with Crippen LogP contribution in [0.2, 0.25) is 0 Å². The van der Waals surface area contributed by atoms with Crippen LogP contribution in [0.5, 0.6) is 69.0 Å². The Hall–Kier alpha value is -12.5. The van der Waals surface area contributed by atoms with Crippen molar-refractivity contribution in [3.8, 4) is 69.0 Å². The van der Waals surface area contributed by atoms with Crippen LogP contribution in [0.3, 0.4) is 0 Å². The summed E-state index contributed by atoms with van der Waals surface area (Å²) in [5, 5.41) is 141. The number of rotatable bonds is 21. The van der Waals surface area contributed by atoms with E-state index in [1.165, 1.54) is 0 Å². The predicted octanol–water partition coefficient (Wildman–Crippen LogP) is 21.5. The molecule has 0 aromatic heterocycles. The summed E-state index contributed by atoms with van der Waals surface area (Å²) in [6.45, 7) is 29.0. The second-order valence-electron chi connectivity index (χ2n) is 32.8. The van der Waals surface area contributed by atoms with Crippen molar-refractivity contribution in [2.24, 2.45) is 0 Å². The second-order valence-corrected chi connectivity index (χ2v) is 32.8. The van der Waals surface area contributed by atoms with Gasteiger partial charge in [-0.25, -0.2) is 0 Å². The average molecular weight is 1520 g/mol. The van der Waals surface area contributed by atoms with Crippen LogP contribution in [-0.2, 0) is 54.8 Å². The molecule has 13 rings (SSSR count). The first-order valence-corrected chi connectivity index (χ1v) is 38.8. The quantitative estimate of drug-likeness (QED) is 0.0301. The fraction of sp³-hybridized carbons (Fsp3) is 0.235. The largest absolute Gasteiger partial charge is 0.508 e. The molecule has 0 unspecified atom stereocenters. The van der Waals surface area contributed by atoms with E-state index in [1.807, 2.05) is 192 Å². The van der Waals surface area contributed by atoms with Crippen molar-refractivity contribution in [2.45, 2.75) is 159 Å². The molecule has 0 bridgehead atoms. The molecule has 582 valence electrons. The van der Waals surface area contributed by atoms with E-state index >= 15 is 0 Å². The summed E-state index contributed by atoms with van der Waals surface area (Å²) in [5.74, 6) is 1.42. The maximum absolute atomic E-state index is 12.6. The number of benzene rings is 13. The van der Waals surface area contributed by atoms with Crippen LogP contribution in [0.4, 0.5) is 0 Å². The lowest BCUT2D eigenvalue weighted by molar-refractivity contribution is 0.462. The first-order chi connectivity index (χ1) is 53.9. The van der Waals surface area contributed by atoms with Crippen molar-refractivity contribution in [3.63, 3.8) is 0 Å². The molecule has 0 atom stereocenters. The van der Waals surface area contributed by atoms with Crippen LogP contribution in [0.1, 0.15) is 204 Å². The molecule has 13 aromatic rings. The fourth-order valence-corrected chi connectivity index (χ4v) is 16.9. The first kappa shape index (κ1) is 79.5. The van der Waals surface area contributed by atoms with Crippen LogP contribution in [0, 0.1) is 83.1 Å². The Bertz CT molecular complexity index is 5080. The van der Waals surface area contributed by atoms with Gasteiger partial charge in [-0.15, -0.1) is 0 Å². The van der Waals surface area contributed by atoms with Crippen molar-refractivity contribution in [1.29, 1.82) is 0 Å². The van der Waals surface area contributed by atoms with Crippen molar-refractivity contribution < 1.29 is 61.3 Å². The number of hydrogen-bond acceptors (Lipinski definition) is 12. The van der Waals surface area contributed by atoms with Crippen molar-refractivity contribution in [3.05, 3.63) is 384 Å². The zero-order chi connectivity index (χ0) is 82.1. The highest BCUT2D eigenvalue weighted by Gasteiger charge is 2.43. The van der Waals surface area contributed by atoms with Crippen LogP contribution in [-0.4, -0.2) is 61.3 Å². The van der Waals surface area contributed by atoms with E-state index in [-0.39, 0.29) is 108 Å². The molecule has 12 nitrogen and oxygen atoms in total. The van der Waals surface area contributed by atoms with Crippen LogP contribution in [0.15, 0.2) is 200 Å². The standard InChI is InChI=1S/C102H102O12/c1-55-28-67(16-22-88(55)103)40-73-46-79(34-61(7)94(73)109)100(13,80-35-62(8)95(110)74(47-80)41-68-17-23-89(104)56(2)29-68)85-52-86(101(14,81-36-63(9)96(111)75(48-81)42-69-18-24-90(105)57(3)30-69)82-37-64(10)97(112)76(49-82)43-70-19-25-91(106)58(4)31-70)54-87(53-85)102(15,83-38-65(11)98(113)77(50-83)44-71-20-26-92(107)59(5)32-71)84-39-66(12)99(114)78(51-84)45-72-21-27-93(108)60(6)33-72/h16-39,46-54,103-114H,40-45H2,1-15H3. The van der Waals surface area contributed by atoms with Crippen LogP contribution < -0.4 is 0 Å². The lowest BCUT2D eigenvalue weighted by Crippen LogP contribution is -2.33. The molecule has 0 saturated heterocycles. The van der Waals surface area contributed by atoms with Crippen molar-refractivity contribution in [1.82, 2.24) is 0 Å². The monoisotopic (exact) mass is 1520 g/mol. The summed E-state index contributed by atoms with van der Waals surface area (Å²) in [6.07, 6.45) is 1.64. The Morgan fingerprint density at radius 2 is 0.298 bits per heavy atom. The number of hydrogen-bond donors (Lipinski definition) is 12. The highest BCUT2D eigenvalue weighted by Crippen LogP contribution is 2.53. The van der Waals surface area contributed by atoms with Crippen LogP contribution >= 0.6 is 0 Å². The highest BCUT2D eigenvalue weighted by atomic mass is 16.3. The van der Waals surface area contributed by atoms with E-state index < -0.39 is 16.2 Å². The average Bonchev–Trinajstić information content (AvgIpc) is 0.714. The molecule has 12 heteroatoms. The maximum Gasteiger partial charge on any atom is 0.122 e. The minimum Gasteiger partial charge on any atom is -0.508 e. The minimum atomic E-state index is -1.30. The number of phenolic OH excluding ortho intramolecular Hbond substituents is 12. The molecule has 0 aliphatic heterocycles. The molecule has 0 radical (unpaired) electrons. The van der Waals surface area contributed by atoms with E-state index in [0.29, 0.717) is 100 Å². The Morgan fingerprint density at radius 1 is 0.167 bits per heavy atom. The molecule has 0 amide bonds. The van der Waals surface area contributed by atoms with Gasteiger partial charge in [-0.1, -0.05) is 164 Å². The zero-order valence-corrected chi connectivity index (χ0v) is 67.7. The van der Waals surface area contributed by atoms with E-state index in [1.54, 1.807) is 36.4 Å². The second kappa shape index (κ2) is 30.9. The zero-order valence-electron chi connectivity index (χ0n) is 67.7. The van der Waals surface area contributed by atoms with E-state index in [4.69, 9.17) is 0 Å². The molecular formula is C102H102O12. The number of aromatic hydroxyl groups is 12. The van der Waals surface area contributed by atoms with E-state index in [9.17, 15) is 61.3 Å². The molecule has 0 fully saturated rings. The topological polar surface area (TPSA) is 243 Å². The van der Waals surface area contributed by atoms with Gasteiger partial charge in [0, 0.05) is 54.8 Å². The number of aryl methyl sites for hydroxylation is 12. The Kier molecular flexibility index (Phi) is 21.5. The highest BCUT2D eigenvalue weighted by molar-refractivity contribution is 5.68. The third kappa shape index (κ3) is 15.2. The van der Waals surface area contributed by atoms with Gasteiger partial charge in [0.1, 0.15) is 69.0 Å². The van der Waals surface area contributed by atoms with Gasteiger partial charge >= 0.3 is 0 Å². The van der Waals surface area contributed by atoms with E-state index in [0.717, 1.165) is 83.5 Å². The lowest BCUT2D eigenvalue weighted by atomic mass is 9.62. The SMILES string of the molecule is Cc1cc(Cc2cc(C(C)(c3cc(C(C)(c4cc(C)c(O)c(Cc5ccc(O)c(C)c5)c4)c4cc(C)c(O)c(Cc5ccc(O)c(C)c5)c4)cc(C(C)(c4cc(C)c(O)c(Cc5ccc(O)c(C)c5)c4)c4cc(C)c(O)c(Cc5ccc(O)c(C)c5)c4)c3)c3cc(C)c(O)c(Cc4ccc(O)c(C)c4)c3)cc(C)c2O)ccc1O. The third-order valence-electron chi connectivity index (χ3n) is 24.3. The summed E-state index contributed by atoms with van der Waals surface area (Å²) >= 11 is 0. The summed E-state index contributed by atoms with van der Waals surface area (Å²) < 4.78 is 0. The Morgan fingerprint density at radius 3 is 0.430 bits per heavy atom. The van der Waals surface area contributed by atoms with Gasteiger partial charge in [-0.3, -0.25) is 0 Å². The molecule has 0 saturated carbocycles. The molecule has 0 spiro atoms. The van der Waals surface area contributed by atoms with Gasteiger partial charge < -0.3 is 61.3 Å². The molecule has 114 heavy (non-hydrogen) atoms. The Balaban J connectivity index is 1.22. The summed E-state index contributed by atoms with van der Waals surface area (Å²) in [7, 11) is 0. The summed E-state index contributed by atoms with van der Waals surface area (Å²) in [4.78, 5) is 0.